The van der Waals surface area contributed by atoms with Crippen LogP contribution in [0.4, 0.5) is 0 Å². The predicted molar refractivity (Wildman–Crippen MR) is 83.7 cm³/mol. The van der Waals surface area contributed by atoms with Gasteiger partial charge in [-0.1, -0.05) is 19.9 Å². The van der Waals surface area contributed by atoms with Crippen LogP contribution < -0.4 is 0 Å². The highest BCUT2D eigenvalue weighted by Gasteiger charge is 2.08. The van der Waals surface area contributed by atoms with Crippen molar-refractivity contribution in [2.75, 3.05) is 0 Å². The SMILES string of the molecule is [C-]#[N+]/C(=C\Cc1c[nH]c2ncc(CC(C)C)cc12)C(C)=O. The molecule has 0 aromatic carbocycles. The van der Waals surface area contributed by atoms with Gasteiger partial charge < -0.3 is 9.78 Å². The number of carbonyl (C=O) groups excluding carboxylic acids is 1. The van der Waals surface area contributed by atoms with Gasteiger partial charge >= 0.3 is 0 Å². The fourth-order valence-electron chi connectivity index (χ4n) is 2.33. The van der Waals surface area contributed by atoms with Gasteiger partial charge in [-0.05, 0) is 42.9 Å². The maximum Gasteiger partial charge on any atom is 0.225 e. The predicted octanol–water partition coefficient (Wildman–Crippen LogP) is 3.70. The molecule has 4 heteroatoms. The Morgan fingerprint density at radius 2 is 2.29 bits per heavy atom. The highest BCUT2D eigenvalue weighted by Crippen LogP contribution is 2.20. The van der Waals surface area contributed by atoms with Gasteiger partial charge in [-0.25, -0.2) is 9.83 Å². The van der Waals surface area contributed by atoms with E-state index in [4.69, 9.17) is 6.57 Å². The molecule has 0 amide bonds. The number of hydrogen-bond acceptors (Lipinski definition) is 2. The zero-order chi connectivity index (χ0) is 15.4. The van der Waals surface area contributed by atoms with Crippen molar-refractivity contribution in [3.8, 4) is 0 Å². The number of nitrogens with zero attached hydrogens (tertiary/aromatic N) is 2. The summed E-state index contributed by atoms with van der Waals surface area (Å²) in [6, 6.07) is 2.15. The average Bonchev–Trinajstić information content (AvgIpc) is 2.81. The molecule has 21 heavy (non-hydrogen) atoms. The Balaban J connectivity index is 2.32. The summed E-state index contributed by atoms with van der Waals surface area (Å²) in [6.07, 6.45) is 7.04. The van der Waals surface area contributed by atoms with Crippen molar-refractivity contribution in [3.05, 3.63) is 52.8 Å². The van der Waals surface area contributed by atoms with Gasteiger partial charge in [0.15, 0.2) is 5.78 Å². The summed E-state index contributed by atoms with van der Waals surface area (Å²) in [5.41, 5.74) is 3.30. The number of rotatable bonds is 5. The van der Waals surface area contributed by atoms with Crippen molar-refractivity contribution in [1.29, 1.82) is 0 Å². The van der Waals surface area contributed by atoms with Gasteiger partial charge in [-0.3, -0.25) is 0 Å². The number of aromatic nitrogens is 2. The molecule has 0 unspecified atom stereocenters. The summed E-state index contributed by atoms with van der Waals surface area (Å²) >= 11 is 0. The smallest absolute Gasteiger partial charge is 0.225 e. The van der Waals surface area contributed by atoms with E-state index in [1.54, 1.807) is 6.08 Å². The Bertz CT molecular complexity index is 732. The molecule has 1 N–H and O–H groups in total. The lowest BCUT2D eigenvalue weighted by Crippen LogP contribution is -1.95. The number of fused-ring (bicyclic) bond motifs is 1. The van der Waals surface area contributed by atoms with E-state index in [0.29, 0.717) is 12.3 Å². The van der Waals surface area contributed by atoms with Gasteiger partial charge in [-0.2, -0.15) is 0 Å². The molecule has 0 atom stereocenters. The number of Topliss-reactive ketones (excluding diaryl/α,β-unsaturated/α-hetero) is 1. The van der Waals surface area contributed by atoms with E-state index in [1.165, 1.54) is 12.5 Å². The summed E-state index contributed by atoms with van der Waals surface area (Å²) in [6.45, 7) is 12.8. The zero-order valence-corrected chi connectivity index (χ0v) is 12.6. The largest absolute Gasteiger partial charge is 0.346 e. The second-order valence-electron chi connectivity index (χ2n) is 5.61. The number of H-pyrrole nitrogens is 1. The second-order valence-corrected chi connectivity index (χ2v) is 5.61. The van der Waals surface area contributed by atoms with E-state index in [1.807, 2.05) is 12.4 Å². The molecule has 108 valence electrons. The fraction of sp³-hybridized carbons (Fsp3) is 0.353. The quantitative estimate of drug-likeness (QED) is 0.671. The van der Waals surface area contributed by atoms with E-state index in [2.05, 4.69) is 34.7 Å². The van der Waals surface area contributed by atoms with Gasteiger partial charge in [-0.15, -0.1) is 0 Å². The van der Waals surface area contributed by atoms with Crippen LogP contribution in [0, 0.1) is 12.5 Å². The Morgan fingerprint density at radius 3 is 2.90 bits per heavy atom. The first kappa shape index (κ1) is 15.0. The van der Waals surface area contributed by atoms with E-state index < -0.39 is 0 Å². The van der Waals surface area contributed by atoms with Gasteiger partial charge in [0.25, 0.3) is 0 Å². The van der Waals surface area contributed by atoms with Crippen molar-refractivity contribution in [2.45, 2.75) is 33.6 Å². The number of aromatic amines is 1. The minimum absolute atomic E-state index is 0.190. The summed E-state index contributed by atoms with van der Waals surface area (Å²) in [7, 11) is 0. The van der Waals surface area contributed by atoms with Crippen molar-refractivity contribution >= 4 is 16.8 Å². The molecule has 2 aromatic heterocycles. The molecule has 0 saturated heterocycles. The van der Waals surface area contributed by atoms with Gasteiger partial charge in [0.05, 0.1) is 6.57 Å². The minimum Gasteiger partial charge on any atom is -0.346 e. The topological polar surface area (TPSA) is 50.1 Å². The highest BCUT2D eigenvalue weighted by atomic mass is 16.1. The van der Waals surface area contributed by atoms with Crippen molar-refractivity contribution in [1.82, 2.24) is 9.97 Å². The van der Waals surface area contributed by atoms with E-state index in [9.17, 15) is 4.79 Å². The number of hydrogen-bond donors (Lipinski definition) is 1. The first-order chi connectivity index (χ1) is 10.0. The zero-order valence-electron chi connectivity index (χ0n) is 12.6. The lowest BCUT2D eigenvalue weighted by Gasteiger charge is -2.04. The molecular weight excluding hydrogens is 262 g/mol. The van der Waals surface area contributed by atoms with E-state index in [0.717, 1.165) is 23.0 Å². The molecule has 2 rings (SSSR count). The maximum absolute atomic E-state index is 11.3. The van der Waals surface area contributed by atoms with Crippen molar-refractivity contribution in [3.63, 3.8) is 0 Å². The van der Waals surface area contributed by atoms with E-state index in [-0.39, 0.29) is 11.5 Å². The summed E-state index contributed by atoms with van der Waals surface area (Å²) in [4.78, 5) is 22.1. The molecular formula is C17H19N3O. The number of allylic oxidation sites excluding steroid dienone is 2. The Kier molecular flexibility index (Phi) is 4.54. The summed E-state index contributed by atoms with van der Waals surface area (Å²) in [5, 5.41) is 1.07. The number of nitrogens with one attached hydrogen (secondary N) is 1. The summed E-state index contributed by atoms with van der Waals surface area (Å²) < 4.78 is 0. The molecule has 0 saturated carbocycles. The van der Waals surface area contributed by atoms with Gasteiger partial charge in [0.1, 0.15) is 5.65 Å². The third-order valence-corrected chi connectivity index (χ3v) is 3.31. The molecule has 0 aliphatic carbocycles. The van der Waals surface area contributed by atoms with Gasteiger partial charge in [0, 0.05) is 17.8 Å². The summed E-state index contributed by atoms with van der Waals surface area (Å²) in [5.74, 6) is 0.390. The molecule has 2 heterocycles. The first-order valence-corrected chi connectivity index (χ1v) is 7.04. The monoisotopic (exact) mass is 281 g/mol. The van der Waals surface area contributed by atoms with Gasteiger partial charge in [0.2, 0.25) is 5.70 Å². The van der Waals surface area contributed by atoms with E-state index >= 15 is 0 Å². The van der Waals surface area contributed by atoms with Crippen LogP contribution in [-0.4, -0.2) is 15.8 Å². The van der Waals surface area contributed by atoms with Crippen LogP contribution in [-0.2, 0) is 17.6 Å². The fourth-order valence-corrected chi connectivity index (χ4v) is 2.33. The lowest BCUT2D eigenvalue weighted by molar-refractivity contribution is -0.113. The molecule has 0 spiro atoms. The lowest BCUT2D eigenvalue weighted by atomic mass is 10.0. The third kappa shape index (κ3) is 3.57. The Hall–Kier alpha value is -2.41. The number of ketones is 1. The normalized spacial score (nSPS) is 11.9. The van der Waals surface area contributed by atoms with Crippen molar-refractivity contribution in [2.24, 2.45) is 5.92 Å². The van der Waals surface area contributed by atoms with Crippen LogP contribution in [0.15, 0.2) is 30.2 Å². The standard InChI is InChI=1S/C17H19N3O/c1-11(2)7-13-8-15-14(10-20-17(15)19-9-13)5-6-16(18-4)12(3)21/h6,8-11H,5,7H2,1-3H3,(H,19,20)/b16-6-. The van der Waals surface area contributed by atoms with Crippen LogP contribution in [0.1, 0.15) is 31.9 Å². The molecule has 0 aliphatic rings. The van der Waals surface area contributed by atoms with Crippen molar-refractivity contribution < 1.29 is 4.79 Å². The second kappa shape index (κ2) is 6.36. The van der Waals surface area contributed by atoms with Crippen LogP contribution >= 0.6 is 0 Å². The molecule has 4 nitrogen and oxygen atoms in total. The molecule has 0 aliphatic heterocycles. The van der Waals surface area contributed by atoms with Crippen LogP contribution in [0.2, 0.25) is 0 Å². The Labute approximate surface area is 124 Å². The number of carbonyl (C=O) groups is 1. The Morgan fingerprint density at radius 1 is 1.52 bits per heavy atom. The van der Waals surface area contributed by atoms with Crippen LogP contribution in [0.5, 0.6) is 0 Å². The highest BCUT2D eigenvalue weighted by molar-refractivity contribution is 5.95. The minimum atomic E-state index is -0.191. The number of pyridine rings is 1. The molecule has 0 fully saturated rings. The van der Waals surface area contributed by atoms with Crippen LogP contribution in [0.25, 0.3) is 15.9 Å². The third-order valence-electron chi connectivity index (χ3n) is 3.31. The van der Waals surface area contributed by atoms with Crippen LogP contribution in [0.3, 0.4) is 0 Å². The molecule has 0 radical (unpaired) electrons. The first-order valence-electron chi connectivity index (χ1n) is 7.04. The average molecular weight is 281 g/mol. The maximum atomic E-state index is 11.3. The molecule has 0 bridgehead atoms. The molecule has 2 aromatic rings.